The summed E-state index contributed by atoms with van der Waals surface area (Å²) in [6, 6.07) is 8.46. The lowest BCUT2D eigenvalue weighted by Crippen LogP contribution is -2.45. The van der Waals surface area contributed by atoms with Crippen molar-refractivity contribution < 1.29 is 9.53 Å². The third kappa shape index (κ3) is 5.05. The summed E-state index contributed by atoms with van der Waals surface area (Å²) < 4.78 is 5.35. The molecule has 0 unspecified atom stereocenters. The number of carbonyl (C=O) groups excluding carboxylic acids is 1. The first-order valence-electron chi connectivity index (χ1n) is 7.89. The summed E-state index contributed by atoms with van der Waals surface area (Å²) in [5.41, 5.74) is 2.44. The molecule has 0 aromatic heterocycles. The highest BCUT2D eigenvalue weighted by molar-refractivity contribution is 5.74. The van der Waals surface area contributed by atoms with E-state index in [0.717, 1.165) is 38.0 Å². The molecule has 0 spiro atoms. The van der Waals surface area contributed by atoms with Gasteiger partial charge in [-0.25, -0.2) is 4.79 Å². The van der Waals surface area contributed by atoms with Gasteiger partial charge in [-0.05, 0) is 43.2 Å². The molecule has 0 bridgehead atoms. The quantitative estimate of drug-likeness (QED) is 0.876. The third-order valence-electron chi connectivity index (χ3n) is 4.22. The average Bonchev–Trinajstić information content (AvgIpc) is 2.54. The topological polar surface area (TPSA) is 50.4 Å². The highest BCUT2D eigenvalue weighted by Gasteiger charge is 2.21. The molecule has 4 heteroatoms. The van der Waals surface area contributed by atoms with Crippen molar-refractivity contribution >= 4 is 6.03 Å². The fraction of sp³-hybridized carbons (Fsp3) is 0.588. The van der Waals surface area contributed by atoms with Gasteiger partial charge in [-0.1, -0.05) is 31.2 Å². The first kappa shape index (κ1) is 15.8. The van der Waals surface area contributed by atoms with E-state index >= 15 is 0 Å². The van der Waals surface area contributed by atoms with E-state index in [4.69, 9.17) is 4.74 Å². The van der Waals surface area contributed by atoms with Crippen LogP contribution in [0.3, 0.4) is 0 Å². The van der Waals surface area contributed by atoms with Crippen molar-refractivity contribution in [2.45, 2.75) is 45.7 Å². The maximum absolute atomic E-state index is 11.9. The van der Waals surface area contributed by atoms with E-state index in [1.54, 1.807) is 0 Å². The van der Waals surface area contributed by atoms with Crippen molar-refractivity contribution in [2.24, 2.45) is 5.92 Å². The molecule has 0 saturated carbocycles. The zero-order valence-corrected chi connectivity index (χ0v) is 13.0. The Labute approximate surface area is 127 Å². The molecule has 1 aromatic carbocycles. The summed E-state index contributed by atoms with van der Waals surface area (Å²) in [6.07, 6.45) is 3.09. The van der Waals surface area contributed by atoms with Gasteiger partial charge >= 0.3 is 6.03 Å². The minimum Gasteiger partial charge on any atom is -0.381 e. The molecular weight excluding hydrogens is 264 g/mol. The lowest BCUT2D eigenvalue weighted by Gasteiger charge is -2.28. The molecule has 2 N–H and O–H groups in total. The van der Waals surface area contributed by atoms with Crippen LogP contribution in [-0.4, -0.2) is 25.3 Å². The Kier molecular flexibility index (Phi) is 6.05. The molecule has 116 valence electrons. The summed E-state index contributed by atoms with van der Waals surface area (Å²) in [7, 11) is 0. The molecule has 1 fully saturated rings. The minimum absolute atomic E-state index is 0.0893. The van der Waals surface area contributed by atoms with Crippen LogP contribution in [0.1, 0.15) is 37.8 Å². The van der Waals surface area contributed by atoms with Gasteiger partial charge in [-0.2, -0.15) is 0 Å². The summed E-state index contributed by atoms with van der Waals surface area (Å²) in [5, 5.41) is 5.96. The second kappa shape index (κ2) is 8.03. The largest absolute Gasteiger partial charge is 0.381 e. The fourth-order valence-corrected chi connectivity index (χ4v) is 2.67. The average molecular weight is 290 g/mol. The number of hydrogen-bond donors (Lipinski definition) is 2. The minimum atomic E-state index is -0.0893. The third-order valence-corrected chi connectivity index (χ3v) is 4.22. The number of amides is 2. The first-order valence-corrected chi connectivity index (χ1v) is 7.89. The van der Waals surface area contributed by atoms with E-state index in [0.29, 0.717) is 12.5 Å². The summed E-state index contributed by atoms with van der Waals surface area (Å²) in [4.78, 5) is 11.9. The Balaban J connectivity index is 1.73. The van der Waals surface area contributed by atoms with Gasteiger partial charge in [0.1, 0.15) is 0 Å². The summed E-state index contributed by atoms with van der Waals surface area (Å²) in [6.45, 7) is 6.39. The number of nitrogens with one attached hydrogen (secondary N) is 2. The predicted octanol–water partition coefficient (Wildman–Crippen LogP) is 2.86. The van der Waals surface area contributed by atoms with E-state index in [2.05, 4.69) is 48.7 Å². The molecular formula is C17H26N2O2. The van der Waals surface area contributed by atoms with Crippen LogP contribution in [0.2, 0.25) is 0 Å². The van der Waals surface area contributed by atoms with Crippen LogP contribution in [0.15, 0.2) is 24.3 Å². The van der Waals surface area contributed by atoms with Gasteiger partial charge in [0.15, 0.2) is 0 Å². The number of aryl methyl sites for hydroxylation is 1. The molecule has 21 heavy (non-hydrogen) atoms. The van der Waals surface area contributed by atoms with Gasteiger partial charge in [0.25, 0.3) is 0 Å². The second-order valence-corrected chi connectivity index (χ2v) is 5.74. The van der Waals surface area contributed by atoms with E-state index < -0.39 is 0 Å². The number of ether oxygens (including phenoxy) is 1. The van der Waals surface area contributed by atoms with Crippen LogP contribution in [0, 0.1) is 5.92 Å². The van der Waals surface area contributed by atoms with Crippen molar-refractivity contribution in [3.63, 3.8) is 0 Å². The van der Waals surface area contributed by atoms with Gasteiger partial charge < -0.3 is 15.4 Å². The number of hydrogen-bond acceptors (Lipinski definition) is 2. The molecule has 2 rings (SSSR count). The summed E-state index contributed by atoms with van der Waals surface area (Å²) in [5.74, 6) is 0.522. The fourth-order valence-electron chi connectivity index (χ4n) is 2.67. The van der Waals surface area contributed by atoms with Crippen LogP contribution in [0.5, 0.6) is 0 Å². The zero-order chi connectivity index (χ0) is 15.1. The van der Waals surface area contributed by atoms with Gasteiger partial charge in [0.2, 0.25) is 0 Å². The maximum Gasteiger partial charge on any atom is 0.315 e. The highest BCUT2D eigenvalue weighted by atomic mass is 16.5. The van der Waals surface area contributed by atoms with Crippen molar-refractivity contribution in [2.75, 3.05) is 13.2 Å². The van der Waals surface area contributed by atoms with Gasteiger partial charge in [0.05, 0.1) is 0 Å². The normalized spacial score (nSPS) is 17.2. The molecule has 0 radical (unpaired) electrons. The monoisotopic (exact) mass is 290 g/mol. The maximum atomic E-state index is 11.9. The van der Waals surface area contributed by atoms with E-state index in [1.807, 2.05) is 0 Å². The molecule has 1 aliphatic heterocycles. The number of urea groups is 1. The lowest BCUT2D eigenvalue weighted by molar-refractivity contribution is 0.0571. The van der Waals surface area contributed by atoms with Crippen molar-refractivity contribution in [3.05, 3.63) is 35.4 Å². The van der Waals surface area contributed by atoms with Crippen molar-refractivity contribution in [3.8, 4) is 0 Å². The Morgan fingerprint density at radius 1 is 1.24 bits per heavy atom. The van der Waals surface area contributed by atoms with Crippen LogP contribution in [-0.2, 0) is 17.7 Å². The molecule has 1 aliphatic rings. The molecule has 0 aliphatic carbocycles. The second-order valence-electron chi connectivity index (χ2n) is 5.74. The highest BCUT2D eigenvalue weighted by Crippen LogP contribution is 2.18. The van der Waals surface area contributed by atoms with Gasteiger partial charge in [0, 0.05) is 25.8 Å². The number of benzene rings is 1. The molecule has 1 heterocycles. The SMILES string of the molecule is CCc1ccc(CNC(=O)N[C@H](C)C2CCOCC2)cc1. The molecule has 4 nitrogen and oxygen atoms in total. The van der Waals surface area contributed by atoms with Crippen LogP contribution < -0.4 is 10.6 Å². The smallest absolute Gasteiger partial charge is 0.315 e. The molecule has 1 aromatic rings. The van der Waals surface area contributed by atoms with Crippen LogP contribution >= 0.6 is 0 Å². The molecule has 2 amide bonds. The Bertz CT molecular complexity index is 439. The van der Waals surface area contributed by atoms with E-state index in [-0.39, 0.29) is 12.1 Å². The zero-order valence-electron chi connectivity index (χ0n) is 13.0. The molecule has 1 saturated heterocycles. The lowest BCUT2D eigenvalue weighted by atomic mass is 9.93. The predicted molar refractivity (Wildman–Crippen MR) is 84.2 cm³/mol. The number of rotatable bonds is 5. The Hall–Kier alpha value is -1.55. The number of carbonyl (C=O) groups is 1. The van der Waals surface area contributed by atoms with Crippen LogP contribution in [0.25, 0.3) is 0 Å². The van der Waals surface area contributed by atoms with E-state index in [1.165, 1.54) is 5.56 Å². The Morgan fingerprint density at radius 3 is 2.48 bits per heavy atom. The summed E-state index contributed by atoms with van der Waals surface area (Å²) >= 11 is 0. The Morgan fingerprint density at radius 2 is 1.86 bits per heavy atom. The van der Waals surface area contributed by atoms with Crippen molar-refractivity contribution in [1.82, 2.24) is 10.6 Å². The van der Waals surface area contributed by atoms with E-state index in [9.17, 15) is 4.79 Å². The van der Waals surface area contributed by atoms with Gasteiger partial charge in [-0.3, -0.25) is 0 Å². The standard InChI is InChI=1S/C17H26N2O2/c1-3-14-4-6-15(7-5-14)12-18-17(20)19-13(2)16-8-10-21-11-9-16/h4-7,13,16H,3,8-12H2,1-2H3,(H2,18,19,20)/t13-/m1/s1. The van der Waals surface area contributed by atoms with Gasteiger partial charge in [-0.15, -0.1) is 0 Å². The first-order chi connectivity index (χ1) is 10.2. The van der Waals surface area contributed by atoms with Crippen LogP contribution in [0.4, 0.5) is 4.79 Å². The van der Waals surface area contributed by atoms with Crippen molar-refractivity contribution in [1.29, 1.82) is 0 Å². The molecule has 1 atom stereocenters.